The summed E-state index contributed by atoms with van der Waals surface area (Å²) in [5.41, 5.74) is 1.91. The van der Waals surface area contributed by atoms with Crippen molar-refractivity contribution in [2.75, 3.05) is 19.7 Å². The summed E-state index contributed by atoms with van der Waals surface area (Å²) >= 11 is 0. The van der Waals surface area contributed by atoms with Crippen molar-refractivity contribution in [1.82, 2.24) is 10.2 Å². The summed E-state index contributed by atoms with van der Waals surface area (Å²) in [6.45, 7) is 4.61. The van der Waals surface area contributed by atoms with Crippen LogP contribution in [0.25, 0.3) is 0 Å². The van der Waals surface area contributed by atoms with Gasteiger partial charge in [-0.15, -0.1) is 0 Å². The molecule has 140 valence electrons. The van der Waals surface area contributed by atoms with Crippen molar-refractivity contribution < 1.29 is 9.53 Å². The Morgan fingerprint density at radius 2 is 2.04 bits per heavy atom. The van der Waals surface area contributed by atoms with E-state index < -0.39 is 5.54 Å². The molecule has 0 radical (unpaired) electrons. The zero-order valence-electron chi connectivity index (χ0n) is 15.7. The minimum Gasteiger partial charge on any atom is -0.494 e. The summed E-state index contributed by atoms with van der Waals surface area (Å²) in [7, 11) is 0. The lowest BCUT2D eigenvalue weighted by Gasteiger charge is -2.31. The van der Waals surface area contributed by atoms with Crippen molar-refractivity contribution in [2.24, 2.45) is 0 Å². The van der Waals surface area contributed by atoms with E-state index >= 15 is 0 Å². The van der Waals surface area contributed by atoms with E-state index in [4.69, 9.17) is 4.74 Å². The molecule has 0 bridgehead atoms. The summed E-state index contributed by atoms with van der Waals surface area (Å²) in [5.74, 6) is 0.859. The maximum atomic E-state index is 12.6. The molecule has 0 unspecified atom stereocenters. The van der Waals surface area contributed by atoms with Gasteiger partial charge >= 0.3 is 0 Å². The molecule has 2 aliphatic rings. The molecule has 0 atom stereocenters. The van der Waals surface area contributed by atoms with Gasteiger partial charge in [-0.05, 0) is 49.4 Å². The number of benzene rings is 1. The van der Waals surface area contributed by atoms with Crippen molar-refractivity contribution in [3.05, 3.63) is 29.3 Å². The molecule has 1 aromatic carbocycles. The Morgan fingerprint density at radius 1 is 1.27 bits per heavy atom. The third-order valence-electron chi connectivity index (χ3n) is 5.50. The van der Waals surface area contributed by atoms with Crippen LogP contribution in [-0.2, 0) is 17.8 Å². The summed E-state index contributed by atoms with van der Waals surface area (Å²) in [6, 6.07) is 8.64. The van der Waals surface area contributed by atoms with E-state index in [2.05, 4.69) is 28.4 Å². The number of nitrogens with zero attached hydrogens (tertiary/aromatic N) is 2. The first kappa shape index (κ1) is 18.7. The average Bonchev–Trinajstić information content (AvgIpc) is 2.87. The fourth-order valence-corrected chi connectivity index (χ4v) is 4.09. The smallest absolute Gasteiger partial charge is 0.235 e. The number of nitriles is 1. The third kappa shape index (κ3) is 4.56. The molecule has 1 fully saturated rings. The number of rotatable bonds is 5. The molecule has 0 saturated heterocycles. The molecule has 1 N–H and O–H groups in total. The summed E-state index contributed by atoms with van der Waals surface area (Å²) in [5, 5.41) is 12.7. The fourth-order valence-electron chi connectivity index (χ4n) is 4.09. The van der Waals surface area contributed by atoms with Gasteiger partial charge in [0.25, 0.3) is 0 Å². The van der Waals surface area contributed by atoms with E-state index in [1.54, 1.807) is 0 Å². The molecule has 0 spiro atoms. The predicted octanol–water partition coefficient (Wildman–Crippen LogP) is 3.18. The van der Waals surface area contributed by atoms with E-state index in [0.717, 1.165) is 63.8 Å². The lowest BCUT2D eigenvalue weighted by molar-refractivity contribution is -0.124. The molecule has 5 heteroatoms. The number of carbonyl (C=O) groups excluding carboxylic acids is 1. The zero-order chi connectivity index (χ0) is 18.4. The number of amides is 1. The standard InChI is InChI=1S/C21H29N3O2/c1-2-26-19-8-7-17-9-12-24(14-18(17)13-19)15-20(25)23-21(16-22)10-5-3-4-6-11-21/h7-8,13H,2-6,9-12,14-15H2,1H3,(H,23,25). The number of nitrogens with one attached hydrogen (secondary N) is 1. The monoisotopic (exact) mass is 355 g/mol. The molecular formula is C21H29N3O2. The Balaban J connectivity index is 1.60. The highest BCUT2D eigenvalue weighted by molar-refractivity contribution is 5.79. The number of fused-ring (bicyclic) bond motifs is 1. The van der Waals surface area contributed by atoms with Gasteiger partial charge in [-0.1, -0.05) is 31.7 Å². The molecule has 1 saturated carbocycles. The van der Waals surface area contributed by atoms with Crippen LogP contribution in [0.5, 0.6) is 5.75 Å². The SMILES string of the molecule is CCOc1ccc2c(c1)CN(CC(=O)NC1(C#N)CCCCCC1)CC2. The van der Waals surface area contributed by atoms with Gasteiger partial charge < -0.3 is 10.1 Å². The lowest BCUT2D eigenvalue weighted by atomic mass is 9.92. The van der Waals surface area contributed by atoms with Crippen molar-refractivity contribution in [1.29, 1.82) is 5.26 Å². The molecule has 0 aromatic heterocycles. The number of hydrogen-bond donors (Lipinski definition) is 1. The van der Waals surface area contributed by atoms with Crippen LogP contribution in [0.15, 0.2) is 18.2 Å². The highest BCUT2D eigenvalue weighted by Crippen LogP contribution is 2.27. The van der Waals surface area contributed by atoms with Gasteiger partial charge in [0.15, 0.2) is 0 Å². The van der Waals surface area contributed by atoms with Crippen LogP contribution in [0.1, 0.15) is 56.6 Å². The number of hydrogen-bond acceptors (Lipinski definition) is 4. The average molecular weight is 355 g/mol. The van der Waals surface area contributed by atoms with E-state index in [1.807, 2.05) is 13.0 Å². The quantitative estimate of drug-likeness (QED) is 0.824. The second-order valence-electron chi connectivity index (χ2n) is 7.48. The Hall–Kier alpha value is -2.06. The number of carbonyl (C=O) groups is 1. The van der Waals surface area contributed by atoms with Crippen molar-refractivity contribution >= 4 is 5.91 Å². The van der Waals surface area contributed by atoms with Gasteiger partial charge in [0.05, 0.1) is 19.2 Å². The van der Waals surface area contributed by atoms with Crippen LogP contribution in [0.4, 0.5) is 0 Å². The van der Waals surface area contributed by atoms with Crippen LogP contribution in [0.2, 0.25) is 0 Å². The topological polar surface area (TPSA) is 65.4 Å². The van der Waals surface area contributed by atoms with Crippen molar-refractivity contribution in [3.63, 3.8) is 0 Å². The molecule has 1 amide bonds. The van der Waals surface area contributed by atoms with Crippen molar-refractivity contribution in [3.8, 4) is 11.8 Å². The Kier molecular flexibility index (Phi) is 6.16. The molecule has 1 aliphatic heterocycles. The van der Waals surface area contributed by atoms with Crippen LogP contribution < -0.4 is 10.1 Å². The summed E-state index contributed by atoms with van der Waals surface area (Å²) in [6.07, 6.45) is 6.84. The minimum absolute atomic E-state index is 0.0298. The van der Waals surface area contributed by atoms with Crippen LogP contribution in [-0.4, -0.2) is 36.0 Å². The van der Waals surface area contributed by atoms with E-state index in [9.17, 15) is 10.1 Å². The second-order valence-corrected chi connectivity index (χ2v) is 7.48. The maximum Gasteiger partial charge on any atom is 0.235 e. The van der Waals surface area contributed by atoms with Gasteiger partial charge in [-0.2, -0.15) is 5.26 Å². The lowest BCUT2D eigenvalue weighted by Crippen LogP contribution is -2.50. The first-order chi connectivity index (χ1) is 12.6. The predicted molar refractivity (Wildman–Crippen MR) is 101 cm³/mol. The Labute approximate surface area is 156 Å². The van der Waals surface area contributed by atoms with Gasteiger partial charge in [-0.25, -0.2) is 0 Å². The van der Waals surface area contributed by atoms with Gasteiger partial charge in [0.1, 0.15) is 11.3 Å². The first-order valence-corrected chi connectivity index (χ1v) is 9.83. The zero-order valence-corrected chi connectivity index (χ0v) is 15.7. The van der Waals surface area contributed by atoms with Gasteiger partial charge in [0.2, 0.25) is 5.91 Å². The third-order valence-corrected chi connectivity index (χ3v) is 5.50. The molecule has 5 nitrogen and oxygen atoms in total. The molecule has 1 aromatic rings. The largest absolute Gasteiger partial charge is 0.494 e. The van der Waals surface area contributed by atoms with E-state index in [1.165, 1.54) is 11.1 Å². The molecule has 1 aliphatic carbocycles. The summed E-state index contributed by atoms with van der Waals surface area (Å²) < 4.78 is 5.59. The molecule has 1 heterocycles. The van der Waals surface area contributed by atoms with Gasteiger partial charge in [0, 0.05) is 13.1 Å². The van der Waals surface area contributed by atoms with Crippen LogP contribution >= 0.6 is 0 Å². The van der Waals surface area contributed by atoms with Crippen molar-refractivity contribution in [2.45, 2.75) is 64.0 Å². The molecular weight excluding hydrogens is 326 g/mol. The van der Waals surface area contributed by atoms with Crippen LogP contribution in [0, 0.1) is 11.3 Å². The fraction of sp³-hybridized carbons (Fsp3) is 0.619. The second kappa shape index (κ2) is 8.55. The highest BCUT2D eigenvalue weighted by Gasteiger charge is 2.33. The minimum atomic E-state index is -0.663. The number of ether oxygens (including phenoxy) is 1. The summed E-state index contributed by atoms with van der Waals surface area (Å²) in [4.78, 5) is 14.8. The Morgan fingerprint density at radius 3 is 2.73 bits per heavy atom. The van der Waals surface area contributed by atoms with E-state index in [-0.39, 0.29) is 5.91 Å². The Bertz CT molecular complexity index is 672. The highest BCUT2D eigenvalue weighted by atomic mass is 16.5. The normalized spacial score (nSPS) is 19.7. The molecule has 26 heavy (non-hydrogen) atoms. The van der Waals surface area contributed by atoms with Gasteiger partial charge in [-0.3, -0.25) is 9.69 Å². The van der Waals surface area contributed by atoms with E-state index in [0.29, 0.717) is 13.2 Å². The maximum absolute atomic E-state index is 12.6. The van der Waals surface area contributed by atoms with Crippen LogP contribution in [0.3, 0.4) is 0 Å². The first-order valence-electron chi connectivity index (χ1n) is 9.83. The molecule has 3 rings (SSSR count).